The van der Waals surface area contributed by atoms with Crippen LogP contribution in [-0.2, 0) is 4.74 Å². The van der Waals surface area contributed by atoms with Crippen LogP contribution in [0.4, 0.5) is 4.39 Å². The second-order valence-electron chi connectivity index (χ2n) is 7.45. The summed E-state index contributed by atoms with van der Waals surface area (Å²) in [6.45, 7) is 0. The van der Waals surface area contributed by atoms with Crippen molar-refractivity contribution in [2.75, 3.05) is 7.11 Å². The molecule has 3 N–H and O–H groups in total. The number of nitrogens with two attached hydrogens (primary N) is 1. The number of nitrogens with one attached hydrogen (secondary N) is 1. The summed E-state index contributed by atoms with van der Waals surface area (Å²) < 4.78 is 20.8. The molecular formula is C21H21FN4O4. The van der Waals surface area contributed by atoms with Crippen molar-refractivity contribution in [3.05, 3.63) is 62.7 Å². The molecule has 1 aromatic carbocycles. The second kappa shape index (κ2) is 7.83. The largest absolute Gasteiger partial charge is 0.465 e. The minimum absolute atomic E-state index is 0.00590. The normalized spacial score (nSPS) is 19.0. The van der Waals surface area contributed by atoms with Gasteiger partial charge in [0.2, 0.25) is 0 Å². The third-order valence-electron chi connectivity index (χ3n) is 5.59. The fraction of sp³-hybridized carbons (Fsp3) is 0.333. The Morgan fingerprint density at radius 2 is 2.00 bits per heavy atom. The summed E-state index contributed by atoms with van der Waals surface area (Å²) in [5, 5.41) is -0.0357. The Balaban J connectivity index is 1.96. The van der Waals surface area contributed by atoms with Gasteiger partial charge in [-0.3, -0.25) is 14.3 Å². The zero-order valence-electron chi connectivity index (χ0n) is 16.4. The molecule has 0 atom stereocenters. The molecule has 156 valence electrons. The van der Waals surface area contributed by atoms with Gasteiger partial charge in [-0.15, -0.1) is 0 Å². The highest BCUT2D eigenvalue weighted by Gasteiger charge is 2.25. The summed E-state index contributed by atoms with van der Waals surface area (Å²) in [6, 6.07) is 5.86. The Labute approximate surface area is 170 Å². The molecule has 0 saturated heterocycles. The van der Waals surface area contributed by atoms with Gasteiger partial charge in [0.25, 0.3) is 5.56 Å². The maximum atomic E-state index is 14.9. The molecule has 0 spiro atoms. The van der Waals surface area contributed by atoms with Crippen molar-refractivity contribution in [3.8, 4) is 11.1 Å². The molecule has 3 aromatic rings. The van der Waals surface area contributed by atoms with E-state index in [0.717, 1.165) is 10.8 Å². The first-order chi connectivity index (χ1) is 14.4. The lowest BCUT2D eigenvalue weighted by molar-refractivity contribution is 0.0601. The predicted octanol–water partition coefficient (Wildman–Crippen LogP) is 2.12. The number of pyridine rings is 1. The average molecular weight is 412 g/mol. The van der Waals surface area contributed by atoms with Crippen LogP contribution in [0.3, 0.4) is 0 Å². The first kappa shape index (κ1) is 20.0. The van der Waals surface area contributed by atoms with Gasteiger partial charge < -0.3 is 10.5 Å². The van der Waals surface area contributed by atoms with Crippen LogP contribution in [0.25, 0.3) is 22.2 Å². The van der Waals surface area contributed by atoms with Crippen molar-refractivity contribution in [1.82, 2.24) is 14.5 Å². The Morgan fingerprint density at radius 1 is 1.27 bits per heavy atom. The van der Waals surface area contributed by atoms with Crippen LogP contribution in [0.1, 0.15) is 42.1 Å². The molecule has 0 radical (unpaired) electrons. The van der Waals surface area contributed by atoms with Crippen LogP contribution < -0.4 is 17.0 Å². The van der Waals surface area contributed by atoms with E-state index in [1.807, 2.05) is 0 Å². The molecule has 4 rings (SSSR count). The number of carbonyl (C=O) groups is 1. The standard InChI is InChI=1S/C21H21FN4O4/c1-30-20(28)12-4-2-3-11(9-12)16-15(22)10-24-18-17(16)19(27)26(21(29)25-18)14-7-5-13(23)6-8-14/h2-4,9-10,13-14H,5-8,23H2,1H3,(H,24,25,29)/t13-,14+. The minimum Gasteiger partial charge on any atom is -0.465 e. The summed E-state index contributed by atoms with van der Waals surface area (Å²) in [7, 11) is 1.25. The first-order valence-electron chi connectivity index (χ1n) is 9.68. The van der Waals surface area contributed by atoms with Crippen LogP contribution in [0.15, 0.2) is 40.1 Å². The molecule has 2 heterocycles. The number of methoxy groups -OCH3 is 1. The predicted molar refractivity (Wildman–Crippen MR) is 109 cm³/mol. The molecule has 8 nitrogen and oxygen atoms in total. The average Bonchev–Trinajstić information content (AvgIpc) is 2.75. The van der Waals surface area contributed by atoms with Gasteiger partial charge in [-0.1, -0.05) is 12.1 Å². The third kappa shape index (κ3) is 3.41. The molecular weight excluding hydrogens is 391 g/mol. The molecule has 1 aliphatic carbocycles. The highest BCUT2D eigenvalue weighted by atomic mass is 19.1. The number of esters is 1. The van der Waals surface area contributed by atoms with Crippen molar-refractivity contribution >= 4 is 17.0 Å². The van der Waals surface area contributed by atoms with E-state index in [2.05, 4.69) is 9.97 Å². The van der Waals surface area contributed by atoms with Crippen molar-refractivity contribution in [3.63, 3.8) is 0 Å². The molecule has 0 amide bonds. The van der Waals surface area contributed by atoms with Crippen molar-refractivity contribution in [2.45, 2.75) is 37.8 Å². The van der Waals surface area contributed by atoms with Gasteiger partial charge in [0.15, 0.2) is 0 Å². The SMILES string of the molecule is COC(=O)c1cccc(-c2c(F)cnc3[nH]c(=O)n([C@H]4CC[C@@H](N)CC4)c(=O)c23)c1. The van der Waals surface area contributed by atoms with E-state index in [9.17, 15) is 18.8 Å². The summed E-state index contributed by atoms with van der Waals surface area (Å²) in [5.74, 6) is -1.31. The first-order valence-corrected chi connectivity index (χ1v) is 9.68. The van der Waals surface area contributed by atoms with E-state index < -0.39 is 23.0 Å². The van der Waals surface area contributed by atoms with Crippen LogP contribution in [0.2, 0.25) is 0 Å². The molecule has 9 heteroatoms. The van der Waals surface area contributed by atoms with E-state index in [-0.39, 0.29) is 34.2 Å². The fourth-order valence-corrected chi connectivity index (χ4v) is 4.06. The quantitative estimate of drug-likeness (QED) is 0.636. The lowest BCUT2D eigenvalue weighted by Crippen LogP contribution is -2.41. The number of aromatic nitrogens is 3. The molecule has 0 aliphatic heterocycles. The van der Waals surface area contributed by atoms with Crippen LogP contribution in [-0.4, -0.2) is 33.7 Å². The molecule has 1 saturated carbocycles. The Kier molecular flexibility index (Phi) is 5.21. The zero-order valence-corrected chi connectivity index (χ0v) is 16.4. The highest BCUT2D eigenvalue weighted by molar-refractivity contribution is 5.95. The van der Waals surface area contributed by atoms with Crippen molar-refractivity contribution < 1.29 is 13.9 Å². The molecule has 30 heavy (non-hydrogen) atoms. The van der Waals surface area contributed by atoms with E-state index in [0.29, 0.717) is 31.2 Å². The van der Waals surface area contributed by atoms with E-state index in [1.165, 1.54) is 19.2 Å². The van der Waals surface area contributed by atoms with Crippen LogP contribution in [0, 0.1) is 5.82 Å². The summed E-state index contributed by atoms with van der Waals surface area (Å²) in [4.78, 5) is 44.4. The number of ether oxygens (including phenoxy) is 1. The number of aromatic amines is 1. The number of nitrogens with zero attached hydrogens (tertiary/aromatic N) is 2. The number of rotatable bonds is 3. The summed E-state index contributed by atoms with van der Waals surface area (Å²) >= 11 is 0. The van der Waals surface area contributed by atoms with Crippen molar-refractivity contribution in [2.24, 2.45) is 5.73 Å². The minimum atomic E-state index is -0.731. The van der Waals surface area contributed by atoms with Gasteiger partial charge in [-0.05, 0) is 43.4 Å². The topological polar surface area (TPSA) is 120 Å². The number of H-pyrrole nitrogens is 1. The summed E-state index contributed by atoms with van der Waals surface area (Å²) in [6.07, 6.45) is 3.52. The fourth-order valence-electron chi connectivity index (χ4n) is 4.06. The third-order valence-corrected chi connectivity index (χ3v) is 5.59. The van der Waals surface area contributed by atoms with Gasteiger partial charge in [-0.2, -0.15) is 0 Å². The number of fused-ring (bicyclic) bond motifs is 1. The van der Waals surface area contributed by atoms with E-state index in [1.54, 1.807) is 12.1 Å². The lowest BCUT2D eigenvalue weighted by atomic mass is 9.91. The lowest BCUT2D eigenvalue weighted by Gasteiger charge is -2.27. The second-order valence-corrected chi connectivity index (χ2v) is 7.45. The Morgan fingerprint density at radius 3 is 2.70 bits per heavy atom. The molecule has 0 bridgehead atoms. The zero-order chi connectivity index (χ0) is 21.4. The van der Waals surface area contributed by atoms with Gasteiger partial charge >= 0.3 is 11.7 Å². The van der Waals surface area contributed by atoms with Crippen LogP contribution in [0.5, 0.6) is 0 Å². The van der Waals surface area contributed by atoms with E-state index >= 15 is 0 Å². The van der Waals surface area contributed by atoms with Gasteiger partial charge in [0, 0.05) is 17.6 Å². The van der Waals surface area contributed by atoms with Gasteiger partial charge in [-0.25, -0.2) is 19.0 Å². The summed E-state index contributed by atoms with van der Waals surface area (Å²) in [5.41, 5.74) is 5.24. The molecule has 1 aliphatic rings. The number of benzene rings is 1. The molecule has 0 unspecified atom stereocenters. The smallest absolute Gasteiger partial charge is 0.337 e. The Bertz CT molecular complexity index is 1240. The molecule has 1 fully saturated rings. The number of halogens is 1. The van der Waals surface area contributed by atoms with Gasteiger partial charge in [0.05, 0.1) is 24.3 Å². The molecule has 2 aromatic heterocycles. The van der Waals surface area contributed by atoms with Crippen molar-refractivity contribution in [1.29, 1.82) is 0 Å². The highest BCUT2D eigenvalue weighted by Crippen LogP contribution is 2.30. The number of carbonyl (C=O) groups excluding carboxylic acids is 1. The number of hydrogen-bond donors (Lipinski definition) is 2. The number of hydrogen-bond acceptors (Lipinski definition) is 6. The Hall–Kier alpha value is -3.33. The maximum Gasteiger partial charge on any atom is 0.337 e. The maximum absolute atomic E-state index is 14.9. The van der Waals surface area contributed by atoms with Gasteiger partial charge in [0.1, 0.15) is 11.5 Å². The van der Waals surface area contributed by atoms with Crippen LogP contribution >= 0.6 is 0 Å². The van der Waals surface area contributed by atoms with E-state index in [4.69, 9.17) is 10.5 Å². The monoisotopic (exact) mass is 412 g/mol.